The SMILES string of the molecule is CNC(=O)NCC#N. The molecule has 0 fully saturated rings. The van der Waals surface area contributed by atoms with E-state index in [-0.39, 0.29) is 12.6 Å². The summed E-state index contributed by atoms with van der Waals surface area (Å²) in [6, 6.07) is 1.43. The predicted octanol–water partition coefficient (Wildman–Crippen LogP) is -0.561. The third kappa shape index (κ3) is 2.97. The van der Waals surface area contributed by atoms with E-state index in [9.17, 15) is 4.79 Å². The number of nitriles is 1. The summed E-state index contributed by atoms with van der Waals surface area (Å²) in [5.74, 6) is 0. The van der Waals surface area contributed by atoms with Gasteiger partial charge in [0.2, 0.25) is 0 Å². The largest absolute Gasteiger partial charge is 0.341 e. The summed E-state index contributed by atoms with van der Waals surface area (Å²) in [5, 5.41) is 12.5. The molecule has 0 aromatic carbocycles. The fourth-order valence-corrected chi connectivity index (χ4v) is 0.208. The first kappa shape index (κ1) is 6.76. The Kier molecular flexibility index (Phi) is 3.32. The highest BCUT2D eigenvalue weighted by atomic mass is 16.2. The number of nitrogens with one attached hydrogen (secondary N) is 2. The summed E-state index contributed by atoms with van der Waals surface area (Å²) in [4.78, 5) is 10.2. The minimum absolute atomic E-state index is 0.0552. The third-order valence-electron chi connectivity index (χ3n) is 0.555. The fourth-order valence-electron chi connectivity index (χ4n) is 0.208. The average Bonchev–Trinajstić information content (AvgIpc) is 1.83. The lowest BCUT2D eigenvalue weighted by atomic mass is 10.7. The highest BCUT2D eigenvalue weighted by Crippen LogP contribution is 1.56. The van der Waals surface area contributed by atoms with E-state index in [2.05, 4.69) is 10.6 Å². The molecule has 0 saturated carbocycles. The van der Waals surface area contributed by atoms with Gasteiger partial charge in [0.1, 0.15) is 6.54 Å². The van der Waals surface area contributed by atoms with Crippen molar-refractivity contribution in [1.29, 1.82) is 5.26 Å². The molecule has 0 saturated heterocycles. The number of hydrogen-bond acceptors (Lipinski definition) is 2. The van der Waals surface area contributed by atoms with Crippen molar-refractivity contribution in [3.05, 3.63) is 0 Å². The summed E-state index contributed by atoms with van der Waals surface area (Å²) in [6.07, 6.45) is 0. The molecule has 4 nitrogen and oxygen atoms in total. The molecule has 0 aliphatic rings. The molecule has 2 N–H and O–H groups in total. The smallest absolute Gasteiger partial charge is 0.315 e. The van der Waals surface area contributed by atoms with E-state index >= 15 is 0 Å². The Balaban J connectivity index is 3.15. The number of carbonyl (C=O) groups is 1. The van der Waals surface area contributed by atoms with Gasteiger partial charge in [0.25, 0.3) is 0 Å². The van der Waals surface area contributed by atoms with Crippen LogP contribution in [0.5, 0.6) is 0 Å². The Bertz CT molecular complexity index is 115. The number of urea groups is 1. The number of carbonyl (C=O) groups excluding carboxylic acids is 1. The Hall–Kier alpha value is -1.24. The Morgan fingerprint density at radius 1 is 1.88 bits per heavy atom. The van der Waals surface area contributed by atoms with Crippen molar-refractivity contribution in [2.75, 3.05) is 13.6 Å². The zero-order valence-corrected chi connectivity index (χ0v) is 4.56. The van der Waals surface area contributed by atoms with Gasteiger partial charge in [-0.3, -0.25) is 0 Å². The number of nitrogens with zero attached hydrogens (tertiary/aromatic N) is 1. The summed E-state index contributed by atoms with van der Waals surface area (Å²) < 4.78 is 0. The van der Waals surface area contributed by atoms with E-state index in [0.29, 0.717) is 0 Å². The van der Waals surface area contributed by atoms with Crippen molar-refractivity contribution in [2.24, 2.45) is 0 Å². The standard InChI is InChI=1S/C4H7N3O/c1-6-4(8)7-3-2-5/h3H2,1H3,(H2,6,7,8). The van der Waals surface area contributed by atoms with E-state index in [4.69, 9.17) is 5.26 Å². The molecule has 0 spiro atoms. The van der Waals surface area contributed by atoms with Gasteiger partial charge in [0.15, 0.2) is 0 Å². The monoisotopic (exact) mass is 113 g/mol. The maximum atomic E-state index is 10.2. The molecule has 0 heterocycles. The highest BCUT2D eigenvalue weighted by Gasteiger charge is 1.89. The van der Waals surface area contributed by atoms with Crippen LogP contribution in [0.2, 0.25) is 0 Å². The second-order valence-corrected chi connectivity index (χ2v) is 1.09. The second kappa shape index (κ2) is 3.93. The maximum Gasteiger partial charge on any atom is 0.315 e. The maximum absolute atomic E-state index is 10.2. The van der Waals surface area contributed by atoms with Gasteiger partial charge in [-0.15, -0.1) is 0 Å². The van der Waals surface area contributed by atoms with Crippen LogP contribution in [0.1, 0.15) is 0 Å². The van der Waals surface area contributed by atoms with E-state index in [1.165, 1.54) is 7.05 Å². The number of amides is 2. The Morgan fingerprint density at radius 2 is 2.50 bits per heavy atom. The van der Waals surface area contributed by atoms with Gasteiger partial charge >= 0.3 is 6.03 Å². The van der Waals surface area contributed by atoms with Crippen LogP contribution in [-0.4, -0.2) is 19.6 Å². The lowest BCUT2D eigenvalue weighted by molar-refractivity contribution is 0.244. The molecule has 0 rings (SSSR count). The van der Waals surface area contributed by atoms with E-state index in [1.807, 2.05) is 0 Å². The summed E-state index contributed by atoms with van der Waals surface area (Å²) in [5.41, 5.74) is 0. The van der Waals surface area contributed by atoms with Crippen molar-refractivity contribution in [3.63, 3.8) is 0 Å². The Morgan fingerprint density at radius 3 is 2.88 bits per heavy atom. The molecule has 0 radical (unpaired) electrons. The molecular formula is C4H7N3O. The molecule has 0 bridgehead atoms. The van der Waals surface area contributed by atoms with Crippen LogP contribution in [0.4, 0.5) is 4.79 Å². The number of rotatable bonds is 1. The van der Waals surface area contributed by atoms with Crippen LogP contribution < -0.4 is 10.6 Å². The molecule has 0 aromatic heterocycles. The van der Waals surface area contributed by atoms with Crippen LogP contribution in [0, 0.1) is 11.3 Å². The predicted molar refractivity (Wildman–Crippen MR) is 28.1 cm³/mol. The zero-order chi connectivity index (χ0) is 6.41. The molecule has 0 atom stereocenters. The van der Waals surface area contributed by atoms with Crippen molar-refractivity contribution >= 4 is 6.03 Å². The first-order valence-electron chi connectivity index (χ1n) is 2.13. The lowest BCUT2D eigenvalue weighted by Crippen LogP contribution is -2.32. The minimum Gasteiger partial charge on any atom is -0.341 e. The van der Waals surface area contributed by atoms with Crippen LogP contribution in [0.15, 0.2) is 0 Å². The third-order valence-corrected chi connectivity index (χ3v) is 0.555. The van der Waals surface area contributed by atoms with Gasteiger partial charge in [-0.25, -0.2) is 4.79 Å². The molecule has 0 aromatic rings. The quantitative estimate of drug-likeness (QED) is 0.447. The van der Waals surface area contributed by atoms with Crippen molar-refractivity contribution in [1.82, 2.24) is 10.6 Å². The normalized spacial score (nSPS) is 7.00. The van der Waals surface area contributed by atoms with Crippen LogP contribution in [0.25, 0.3) is 0 Å². The molecule has 2 amide bonds. The van der Waals surface area contributed by atoms with Gasteiger partial charge in [-0.1, -0.05) is 0 Å². The van der Waals surface area contributed by atoms with Gasteiger partial charge in [0, 0.05) is 7.05 Å². The zero-order valence-electron chi connectivity index (χ0n) is 4.56. The molecular weight excluding hydrogens is 106 g/mol. The Labute approximate surface area is 47.5 Å². The fraction of sp³-hybridized carbons (Fsp3) is 0.500. The van der Waals surface area contributed by atoms with E-state index in [1.54, 1.807) is 6.07 Å². The summed E-state index contributed by atoms with van der Waals surface area (Å²) >= 11 is 0. The first-order chi connectivity index (χ1) is 3.81. The van der Waals surface area contributed by atoms with Gasteiger partial charge in [-0.2, -0.15) is 5.26 Å². The van der Waals surface area contributed by atoms with Gasteiger partial charge in [-0.05, 0) is 0 Å². The molecule has 4 heteroatoms. The van der Waals surface area contributed by atoms with Crippen LogP contribution >= 0.6 is 0 Å². The summed E-state index contributed by atoms with van der Waals surface area (Å²) in [7, 11) is 1.49. The molecule has 44 valence electrons. The highest BCUT2D eigenvalue weighted by molar-refractivity contribution is 5.73. The van der Waals surface area contributed by atoms with Crippen molar-refractivity contribution < 1.29 is 4.79 Å². The minimum atomic E-state index is -0.327. The molecule has 0 aliphatic heterocycles. The van der Waals surface area contributed by atoms with Crippen LogP contribution in [-0.2, 0) is 0 Å². The van der Waals surface area contributed by atoms with Crippen molar-refractivity contribution in [3.8, 4) is 6.07 Å². The molecule has 8 heavy (non-hydrogen) atoms. The topological polar surface area (TPSA) is 64.9 Å². The van der Waals surface area contributed by atoms with Crippen LogP contribution in [0.3, 0.4) is 0 Å². The second-order valence-electron chi connectivity index (χ2n) is 1.09. The average molecular weight is 113 g/mol. The van der Waals surface area contributed by atoms with Crippen molar-refractivity contribution in [2.45, 2.75) is 0 Å². The van der Waals surface area contributed by atoms with Gasteiger partial charge in [0.05, 0.1) is 6.07 Å². The molecule has 0 unspecified atom stereocenters. The lowest BCUT2D eigenvalue weighted by Gasteiger charge is -1.94. The van der Waals surface area contributed by atoms with E-state index < -0.39 is 0 Å². The first-order valence-corrected chi connectivity index (χ1v) is 2.13. The summed E-state index contributed by atoms with van der Waals surface area (Å²) in [6.45, 7) is 0.0552. The number of hydrogen-bond donors (Lipinski definition) is 2. The van der Waals surface area contributed by atoms with Gasteiger partial charge < -0.3 is 10.6 Å². The molecule has 0 aliphatic carbocycles. The van der Waals surface area contributed by atoms with E-state index in [0.717, 1.165) is 0 Å².